The minimum atomic E-state index is -0.196. The average Bonchev–Trinajstić information content (AvgIpc) is 2.71. The SMILES string of the molecule is Cc1cc(C)c2oc(-c3ccc(C(=O)Nc4ccc(Br)cc4C)cc3)cc(=O)c2c1. The van der Waals surface area contributed by atoms with Crippen LogP contribution in [0.15, 0.2) is 74.3 Å². The van der Waals surface area contributed by atoms with E-state index in [-0.39, 0.29) is 11.3 Å². The molecule has 4 rings (SSSR count). The monoisotopic (exact) mass is 461 g/mol. The normalized spacial score (nSPS) is 10.9. The molecule has 150 valence electrons. The van der Waals surface area contributed by atoms with Gasteiger partial charge in [0.1, 0.15) is 11.3 Å². The van der Waals surface area contributed by atoms with Crippen LogP contribution in [0, 0.1) is 20.8 Å². The van der Waals surface area contributed by atoms with Crippen LogP contribution in [0.1, 0.15) is 27.0 Å². The van der Waals surface area contributed by atoms with Crippen molar-refractivity contribution >= 4 is 38.5 Å². The summed E-state index contributed by atoms with van der Waals surface area (Å²) in [4.78, 5) is 25.2. The van der Waals surface area contributed by atoms with Crippen molar-refractivity contribution in [2.24, 2.45) is 0 Å². The molecule has 0 aliphatic rings. The Labute approximate surface area is 182 Å². The maximum Gasteiger partial charge on any atom is 0.255 e. The van der Waals surface area contributed by atoms with Crippen LogP contribution < -0.4 is 10.7 Å². The predicted molar refractivity (Wildman–Crippen MR) is 124 cm³/mol. The van der Waals surface area contributed by atoms with Crippen molar-refractivity contribution < 1.29 is 9.21 Å². The first-order valence-corrected chi connectivity index (χ1v) is 10.3. The largest absolute Gasteiger partial charge is 0.456 e. The summed E-state index contributed by atoms with van der Waals surface area (Å²) in [7, 11) is 0. The van der Waals surface area contributed by atoms with Gasteiger partial charge in [-0.15, -0.1) is 0 Å². The molecule has 0 bridgehead atoms. The van der Waals surface area contributed by atoms with Crippen LogP contribution in [0.2, 0.25) is 0 Å². The van der Waals surface area contributed by atoms with E-state index in [4.69, 9.17) is 4.42 Å². The maximum atomic E-state index is 12.6. The predicted octanol–water partition coefficient (Wildman–Crippen LogP) is 6.40. The molecule has 0 spiro atoms. The van der Waals surface area contributed by atoms with Gasteiger partial charge >= 0.3 is 0 Å². The van der Waals surface area contributed by atoms with Crippen LogP contribution in [0.4, 0.5) is 5.69 Å². The number of aryl methyl sites for hydroxylation is 3. The number of nitrogens with one attached hydrogen (secondary N) is 1. The smallest absolute Gasteiger partial charge is 0.255 e. The molecule has 4 aromatic rings. The van der Waals surface area contributed by atoms with Crippen molar-refractivity contribution in [3.8, 4) is 11.3 Å². The minimum absolute atomic E-state index is 0.0782. The van der Waals surface area contributed by atoms with Gasteiger partial charge in [-0.25, -0.2) is 0 Å². The Kier molecular flexibility index (Phi) is 5.31. The molecule has 1 amide bonds. The van der Waals surface area contributed by atoms with Gasteiger partial charge in [-0.1, -0.05) is 34.1 Å². The van der Waals surface area contributed by atoms with Gasteiger partial charge in [-0.05, 0) is 73.9 Å². The number of hydrogen-bond acceptors (Lipinski definition) is 3. The molecule has 1 heterocycles. The molecule has 30 heavy (non-hydrogen) atoms. The van der Waals surface area contributed by atoms with Crippen LogP contribution in [0.3, 0.4) is 0 Å². The maximum absolute atomic E-state index is 12.6. The number of carbonyl (C=O) groups excluding carboxylic acids is 1. The van der Waals surface area contributed by atoms with Crippen molar-refractivity contribution in [3.05, 3.63) is 97.6 Å². The van der Waals surface area contributed by atoms with Crippen LogP contribution in [0.5, 0.6) is 0 Å². The molecule has 0 atom stereocenters. The number of carbonyl (C=O) groups is 1. The molecule has 0 unspecified atom stereocenters. The third-order valence-corrected chi connectivity index (χ3v) is 5.52. The van der Waals surface area contributed by atoms with Crippen molar-refractivity contribution in [1.82, 2.24) is 0 Å². The molecule has 0 aliphatic carbocycles. The lowest BCUT2D eigenvalue weighted by Gasteiger charge is -2.10. The Morgan fingerprint density at radius 2 is 1.63 bits per heavy atom. The highest BCUT2D eigenvalue weighted by Gasteiger charge is 2.12. The minimum Gasteiger partial charge on any atom is -0.456 e. The summed E-state index contributed by atoms with van der Waals surface area (Å²) in [5.41, 5.74) is 5.46. The summed E-state index contributed by atoms with van der Waals surface area (Å²) in [6.45, 7) is 5.83. The third-order valence-electron chi connectivity index (χ3n) is 5.03. The van der Waals surface area contributed by atoms with E-state index >= 15 is 0 Å². The van der Waals surface area contributed by atoms with E-state index < -0.39 is 0 Å². The summed E-state index contributed by atoms with van der Waals surface area (Å²) in [5.74, 6) is 0.286. The molecule has 4 nitrogen and oxygen atoms in total. The van der Waals surface area contributed by atoms with Crippen LogP contribution in [-0.4, -0.2) is 5.91 Å². The van der Waals surface area contributed by atoms with Gasteiger partial charge in [0.15, 0.2) is 5.43 Å². The summed E-state index contributed by atoms with van der Waals surface area (Å²) in [5, 5.41) is 3.51. The van der Waals surface area contributed by atoms with Crippen molar-refractivity contribution in [3.63, 3.8) is 0 Å². The molecule has 0 saturated carbocycles. The number of fused-ring (bicyclic) bond motifs is 1. The van der Waals surface area contributed by atoms with Gasteiger partial charge in [0.05, 0.1) is 5.39 Å². The Balaban J connectivity index is 1.63. The Hall–Kier alpha value is -3.18. The summed E-state index contributed by atoms with van der Waals surface area (Å²) >= 11 is 3.42. The molecule has 0 aliphatic heterocycles. The number of anilines is 1. The van der Waals surface area contributed by atoms with Gasteiger partial charge in [-0.3, -0.25) is 9.59 Å². The second kappa shape index (κ2) is 7.92. The summed E-state index contributed by atoms with van der Waals surface area (Å²) in [6.07, 6.45) is 0. The molecular formula is C25H20BrNO3. The lowest BCUT2D eigenvalue weighted by Crippen LogP contribution is -2.12. The van der Waals surface area contributed by atoms with Gasteiger partial charge in [0.25, 0.3) is 5.91 Å². The molecule has 1 N–H and O–H groups in total. The zero-order valence-corrected chi connectivity index (χ0v) is 18.5. The van der Waals surface area contributed by atoms with Crippen LogP contribution in [0.25, 0.3) is 22.3 Å². The van der Waals surface area contributed by atoms with E-state index in [1.54, 1.807) is 24.3 Å². The number of halogens is 1. The second-order valence-corrected chi connectivity index (χ2v) is 8.34. The Bertz CT molecular complexity index is 1340. The van der Waals surface area contributed by atoms with Crippen molar-refractivity contribution in [1.29, 1.82) is 0 Å². The molecule has 0 radical (unpaired) electrons. The van der Waals surface area contributed by atoms with E-state index in [1.165, 1.54) is 6.07 Å². The van der Waals surface area contributed by atoms with E-state index in [0.717, 1.165) is 32.4 Å². The van der Waals surface area contributed by atoms with Gasteiger partial charge < -0.3 is 9.73 Å². The fourth-order valence-corrected chi connectivity index (χ4v) is 3.97. The fraction of sp³-hybridized carbons (Fsp3) is 0.120. The molecule has 0 fully saturated rings. The quantitative estimate of drug-likeness (QED) is 0.383. The highest BCUT2D eigenvalue weighted by Crippen LogP contribution is 2.26. The number of rotatable bonds is 3. The molecule has 1 aromatic heterocycles. The molecule has 0 saturated heterocycles. The zero-order valence-electron chi connectivity index (χ0n) is 16.9. The van der Waals surface area contributed by atoms with E-state index in [0.29, 0.717) is 22.3 Å². The van der Waals surface area contributed by atoms with E-state index in [1.807, 2.05) is 51.1 Å². The van der Waals surface area contributed by atoms with Crippen LogP contribution >= 0.6 is 15.9 Å². The number of hydrogen-bond donors (Lipinski definition) is 1. The average molecular weight is 462 g/mol. The first-order chi connectivity index (χ1) is 14.3. The van der Waals surface area contributed by atoms with Crippen molar-refractivity contribution in [2.45, 2.75) is 20.8 Å². The fourth-order valence-electron chi connectivity index (χ4n) is 3.50. The second-order valence-electron chi connectivity index (χ2n) is 7.42. The first-order valence-electron chi connectivity index (χ1n) is 9.55. The molecule has 5 heteroatoms. The number of benzene rings is 3. The lowest BCUT2D eigenvalue weighted by molar-refractivity contribution is 0.102. The van der Waals surface area contributed by atoms with E-state index in [2.05, 4.69) is 21.2 Å². The van der Waals surface area contributed by atoms with Gasteiger partial charge in [-0.2, -0.15) is 0 Å². The first kappa shape index (κ1) is 20.1. The Morgan fingerprint density at radius 1 is 0.900 bits per heavy atom. The third kappa shape index (κ3) is 3.94. The summed E-state index contributed by atoms with van der Waals surface area (Å²) < 4.78 is 6.99. The zero-order chi connectivity index (χ0) is 21.4. The summed E-state index contributed by atoms with van der Waals surface area (Å²) in [6, 6.07) is 18.1. The standard InChI is InChI=1S/C25H20BrNO3/c1-14-10-16(3)24-20(11-14)22(28)13-23(30-24)17-4-6-18(7-5-17)25(29)27-21-9-8-19(26)12-15(21)2/h4-13H,1-3H3,(H,27,29). The molecular weight excluding hydrogens is 442 g/mol. The molecule has 3 aromatic carbocycles. The highest BCUT2D eigenvalue weighted by molar-refractivity contribution is 9.10. The Morgan fingerprint density at radius 3 is 2.33 bits per heavy atom. The van der Waals surface area contributed by atoms with E-state index in [9.17, 15) is 9.59 Å². The topological polar surface area (TPSA) is 59.3 Å². The number of amides is 1. The van der Waals surface area contributed by atoms with Gasteiger partial charge in [0, 0.05) is 27.4 Å². The lowest BCUT2D eigenvalue weighted by atomic mass is 10.1. The van der Waals surface area contributed by atoms with Crippen LogP contribution in [-0.2, 0) is 0 Å². The van der Waals surface area contributed by atoms with Gasteiger partial charge in [0.2, 0.25) is 0 Å². The highest BCUT2D eigenvalue weighted by atomic mass is 79.9. The van der Waals surface area contributed by atoms with Crippen molar-refractivity contribution in [2.75, 3.05) is 5.32 Å².